The molecule has 0 aliphatic carbocycles. The van der Waals surface area contributed by atoms with Gasteiger partial charge in [-0.1, -0.05) is 23.7 Å². The smallest absolute Gasteiger partial charge is 0.249 e. The van der Waals surface area contributed by atoms with E-state index in [1.165, 1.54) is 24.0 Å². The fourth-order valence-electron chi connectivity index (χ4n) is 5.14. The van der Waals surface area contributed by atoms with E-state index >= 15 is 0 Å². The zero-order valence-corrected chi connectivity index (χ0v) is 22.9. The van der Waals surface area contributed by atoms with Crippen molar-refractivity contribution in [3.63, 3.8) is 0 Å². The number of thioether (sulfide) groups is 1. The van der Waals surface area contributed by atoms with E-state index in [9.17, 15) is 19.5 Å². The van der Waals surface area contributed by atoms with Crippen LogP contribution >= 0.6 is 23.4 Å². The molecule has 1 atom stereocenters. The molecule has 1 fully saturated rings. The molecule has 2 heterocycles. The molecule has 1 aromatic heterocycles. The van der Waals surface area contributed by atoms with Gasteiger partial charge in [0.15, 0.2) is 0 Å². The van der Waals surface area contributed by atoms with Gasteiger partial charge in [0.05, 0.1) is 29.2 Å². The Morgan fingerprint density at radius 3 is 2.76 bits per heavy atom. The number of pyridine rings is 1. The number of methoxy groups -OCH3 is 1. The molecule has 1 amide bonds. The lowest BCUT2D eigenvalue weighted by Gasteiger charge is -2.40. The van der Waals surface area contributed by atoms with Crippen molar-refractivity contribution >= 4 is 40.2 Å². The van der Waals surface area contributed by atoms with Gasteiger partial charge in [-0.2, -0.15) is 0 Å². The maximum absolute atomic E-state index is 13.8. The number of amides is 1. The van der Waals surface area contributed by atoms with Crippen LogP contribution in [0.5, 0.6) is 5.75 Å². The molecule has 1 saturated heterocycles. The second kappa shape index (κ2) is 13.1. The molecular weight excluding hydrogens is 529 g/mol. The van der Waals surface area contributed by atoms with Gasteiger partial charge in [0, 0.05) is 22.0 Å². The van der Waals surface area contributed by atoms with Crippen LogP contribution in [-0.4, -0.2) is 58.6 Å². The zero-order valence-electron chi connectivity index (χ0n) is 21.3. The lowest BCUT2D eigenvalue weighted by atomic mass is 9.73. The first-order valence-electron chi connectivity index (χ1n) is 12.7. The van der Waals surface area contributed by atoms with Crippen LogP contribution in [0.1, 0.15) is 43.8 Å². The molecule has 0 saturated carbocycles. The van der Waals surface area contributed by atoms with Crippen molar-refractivity contribution in [2.24, 2.45) is 5.41 Å². The maximum Gasteiger partial charge on any atom is 0.249 e. The van der Waals surface area contributed by atoms with E-state index in [4.69, 9.17) is 16.3 Å². The number of aliphatic hydroxyl groups excluding tert-OH is 1. The number of benzene rings is 2. The summed E-state index contributed by atoms with van der Waals surface area (Å²) >= 11 is 7.96. The molecule has 1 aliphatic heterocycles. The van der Waals surface area contributed by atoms with Crippen molar-refractivity contribution in [3.05, 3.63) is 65.1 Å². The van der Waals surface area contributed by atoms with Crippen LogP contribution in [0.4, 0.5) is 4.39 Å². The minimum Gasteiger partial charge on any atom is -0.497 e. The number of hydrogen-bond acceptors (Lipinski definition) is 7. The molecule has 0 unspecified atom stereocenters. The van der Waals surface area contributed by atoms with Crippen molar-refractivity contribution in [3.8, 4) is 5.75 Å². The molecule has 204 valence electrons. The van der Waals surface area contributed by atoms with E-state index in [1.54, 1.807) is 31.4 Å². The molecule has 0 radical (unpaired) electrons. The van der Waals surface area contributed by atoms with Gasteiger partial charge >= 0.3 is 0 Å². The third-order valence-corrected chi connectivity index (χ3v) is 8.84. The highest BCUT2D eigenvalue weighted by Gasteiger charge is 2.41. The van der Waals surface area contributed by atoms with E-state index in [-0.39, 0.29) is 5.82 Å². The Kier molecular flexibility index (Phi) is 9.84. The third kappa shape index (κ3) is 6.58. The summed E-state index contributed by atoms with van der Waals surface area (Å²) in [6.45, 7) is 2.25. The Hall–Kier alpha value is -2.43. The van der Waals surface area contributed by atoms with Gasteiger partial charge in [-0.3, -0.25) is 15.0 Å². The lowest BCUT2D eigenvalue weighted by Crippen LogP contribution is -2.48. The van der Waals surface area contributed by atoms with Crippen LogP contribution in [0.2, 0.25) is 5.02 Å². The highest BCUT2D eigenvalue weighted by molar-refractivity contribution is 7.99. The number of aliphatic hydroxyl groups is 1. The molecule has 1 aliphatic rings. The van der Waals surface area contributed by atoms with Crippen LogP contribution < -0.4 is 10.2 Å². The molecule has 38 heavy (non-hydrogen) atoms. The second-order valence-corrected chi connectivity index (χ2v) is 11.2. The molecule has 3 N–H and O–H groups in total. The van der Waals surface area contributed by atoms with E-state index in [1.807, 2.05) is 17.6 Å². The standard InChI is InChI=1S/C28H33ClFN3O4S/c1-37-19-7-8-23-20(17-19)26(21(29)18-31-23)24(34)9-10-28(27(35)32-36)11-14-33(15-12-28)13-4-16-38-25-6-3-2-5-22(25)30/h2-3,5-8,17-18,24,34,36H,4,9-16H2,1H3,(H,32,35)/t24-/m1/s1. The Morgan fingerprint density at radius 2 is 2.05 bits per heavy atom. The Labute approximate surface area is 231 Å². The molecule has 0 bridgehead atoms. The summed E-state index contributed by atoms with van der Waals surface area (Å²) in [4.78, 5) is 20.1. The Bertz CT molecular complexity index is 1260. The highest BCUT2D eigenvalue weighted by atomic mass is 35.5. The highest BCUT2D eigenvalue weighted by Crippen LogP contribution is 2.41. The topological polar surface area (TPSA) is 94.9 Å². The summed E-state index contributed by atoms with van der Waals surface area (Å²) in [6, 6.07) is 12.2. The first kappa shape index (κ1) is 28.6. The normalized spacial score (nSPS) is 16.3. The molecule has 7 nitrogen and oxygen atoms in total. The number of likely N-dealkylation sites (tertiary alicyclic amines) is 1. The molecule has 2 aromatic carbocycles. The van der Waals surface area contributed by atoms with Gasteiger partial charge in [-0.15, -0.1) is 11.8 Å². The van der Waals surface area contributed by atoms with E-state index in [0.29, 0.717) is 70.9 Å². The van der Waals surface area contributed by atoms with Crippen molar-refractivity contribution < 1.29 is 24.2 Å². The number of fused-ring (bicyclic) bond motifs is 1. The number of halogens is 2. The maximum atomic E-state index is 13.8. The number of piperidine rings is 1. The Morgan fingerprint density at radius 1 is 1.29 bits per heavy atom. The van der Waals surface area contributed by atoms with Gasteiger partial charge in [-0.05, 0) is 87.8 Å². The zero-order chi connectivity index (χ0) is 27.1. The van der Waals surface area contributed by atoms with Crippen molar-refractivity contribution in [1.29, 1.82) is 0 Å². The fourth-order valence-corrected chi connectivity index (χ4v) is 6.29. The molecule has 3 aromatic rings. The van der Waals surface area contributed by atoms with Crippen molar-refractivity contribution in [1.82, 2.24) is 15.4 Å². The predicted octanol–water partition coefficient (Wildman–Crippen LogP) is 5.62. The Balaban J connectivity index is 1.36. The number of rotatable bonds is 11. The van der Waals surface area contributed by atoms with Crippen LogP contribution in [0.15, 0.2) is 53.6 Å². The molecular formula is C28H33ClFN3O4S. The number of nitrogens with zero attached hydrogens (tertiary/aromatic N) is 2. The van der Waals surface area contributed by atoms with Crippen molar-refractivity contribution in [2.45, 2.75) is 43.1 Å². The van der Waals surface area contributed by atoms with Gasteiger partial charge in [-0.25, -0.2) is 9.87 Å². The summed E-state index contributed by atoms with van der Waals surface area (Å²) in [7, 11) is 1.57. The number of hydroxylamine groups is 1. The van der Waals surface area contributed by atoms with Gasteiger partial charge in [0.1, 0.15) is 11.6 Å². The number of ether oxygens (including phenoxy) is 1. The number of carbonyl (C=O) groups excluding carboxylic acids is 1. The largest absolute Gasteiger partial charge is 0.497 e. The average molecular weight is 562 g/mol. The van der Waals surface area contributed by atoms with Crippen LogP contribution in [-0.2, 0) is 4.79 Å². The molecule has 4 rings (SSSR count). The predicted molar refractivity (Wildman–Crippen MR) is 147 cm³/mol. The van der Waals surface area contributed by atoms with Gasteiger partial charge < -0.3 is 14.7 Å². The minimum atomic E-state index is -0.920. The van der Waals surface area contributed by atoms with Crippen LogP contribution in [0, 0.1) is 11.2 Å². The lowest BCUT2D eigenvalue weighted by molar-refractivity contribution is -0.143. The monoisotopic (exact) mass is 561 g/mol. The summed E-state index contributed by atoms with van der Waals surface area (Å²) in [5.41, 5.74) is 2.31. The molecule has 0 spiro atoms. The minimum absolute atomic E-state index is 0.197. The first-order chi connectivity index (χ1) is 18.4. The summed E-state index contributed by atoms with van der Waals surface area (Å²) < 4.78 is 19.1. The molecule has 10 heteroatoms. The first-order valence-corrected chi connectivity index (χ1v) is 14.1. The van der Waals surface area contributed by atoms with Crippen LogP contribution in [0.3, 0.4) is 0 Å². The van der Waals surface area contributed by atoms with Gasteiger partial charge in [0.2, 0.25) is 5.91 Å². The average Bonchev–Trinajstić information content (AvgIpc) is 2.94. The number of carbonyl (C=O) groups is 1. The van der Waals surface area contributed by atoms with Crippen molar-refractivity contribution in [2.75, 3.05) is 32.5 Å². The van der Waals surface area contributed by atoms with E-state index in [2.05, 4.69) is 9.88 Å². The quantitative estimate of drug-likeness (QED) is 0.121. The van der Waals surface area contributed by atoms with Gasteiger partial charge in [0.25, 0.3) is 0 Å². The summed E-state index contributed by atoms with van der Waals surface area (Å²) in [6.07, 6.45) is 3.31. The number of aromatic nitrogens is 1. The van der Waals surface area contributed by atoms with Crippen LogP contribution in [0.25, 0.3) is 10.9 Å². The van der Waals surface area contributed by atoms with E-state index in [0.717, 1.165) is 18.7 Å². The second-order valence-electron chi connectivity index (χ2n) is 9.65. The number of hydrogen-bond donors (Lipinski definition) is 3. The number of nitrogens with one attached hydrogen (secondary N) is 1. The summed E-state index contributed by atoms with van der Waals surface area (Å²) in [5, 5.41) is 21.7. The summed E-state index contributed by atoms with van der Waals surface area (Å²) in [5.74, 6) is 0.812. The SMILES string of the molecule is COc1ccc2ncc(Cl)c([C@H](O)CCC3(C(=O)NO)CCN(CCCSc4ccccc4F)CC3)c2c1. The van der Waals surface area contributed by atoms with E-state index < -0.39 is 17.4 Å². The third-order valence-electron chi connectivity index (χ3n) is 7.41. The fraction of sp³-hybridized carbons (Fsp3) is 0.429.